The van der Waals surface area contributed by atoms with E-state index in [1.165, 1.54) is 12.8 Å². The molecule has 0 saturated heterocycles. The van der Waals surface area contributed by atoms with Crippen molar-refractivity contribution in [1.82, 2.24) is 20.2 Å². The van der Waals surface area contributed by atoms with Crippen LogP contribution in [0.15, 0.2) is 0 Å². The molecule has 0 spiro atoms. The Labute approximate surface area is 114 Å². The van der Waals surface area contributed by atoms with Crippen molar-refractivity contribution in [2.45, 2.75) is 65.3 Å². The molecule has 0 bridgehead atoms. The Hall–Kier alpha value is -1.46. The van der Waals surface area contributed by atoms with Crippen molar-refractivity contribution in [1.29, 1.82) is 0 Å². The van der Waals surface area contributed by atoms with Crippen LogP contribution in [0.3, 0.4) is 0 Å². The molecule has 0 amide bonds. The van der Waals surface area contributed by atoms with Gasteiger partial charge in [0.15, 0.2) is 5.82 Å². The number of aliphatic carboxylic acids is 1. The number of aromatic nitrogens is 4. The van der Waals surface area contributed by atoms with Crippen molar-refractivity contribution in [3.8, 4) is 0 Å². The van der Waals surface area contributed by atoms with Gasteiger partial charge in [0.05, 0.1) is 12.5 Å². The lowest BCUT2D eigenvalue weighted by molar-refractivity contribution is -0.138. The van der Waals surface area contributed by atoms with Crippen LogP contribution in [0.4, 0.5) is 0 Å². The van der Waals surface area contributed by atoms with Crippen LogP contribution in [-0.2, 0) is 11.2 Å². The highest BCUT2D eigenvalue weighted by Crippen LogP contribution is 2.22. The molecule has 0 aliphatic carbocycles. The van der Waals surface area contributed by atoms with Gasteiger partial charge in [-0.15, -0.1) is 5.10 Å². The number of aryl methyl sites for hydroxylation is 1. The van der Waals surface area contributed by atoms with Gasteiger partial charge in [-0.1, -0.05) is 40.0 Å². The maximum absolute atomic E-state index is 10.9. The average Bonchev–Trinajstić information content (AvgIpc) is 2.79. The molecule has 108 valence electrons. The number of carbonyl (C=O) groups is 1. The molecule has 0 aliphatic rings. The second kappa shape index (κ2) is 7.86. The van der Waals surface area contributed by atoms with Crippen LogP contribution >= 0.6 is 0 Å². The van der Waals surface area contributed by atoms with Gasteiger partial charge < -0.3 is 5.11 Å². The Bertz CT molecular complexity index is 390. The third-order valence-corrected chi connectivity index (χ3v) is 3.28. The summed E-state index contributed by atoms with van der Waals surface area (Å²) in [5, 5.41) is 20.7. The Morgan fingerprint density at radius 3 is 2.63 bits per heavy atom. The van der Waals surface area contributed by atoms with Gasteiger partial charge in [-0.05, 0) is 22.8 Å². The molecule has 1 aromatic rings. The first-order valence-electron chi connectivity index (χ1n) is 7.04. The van der Waals surface area contributed by atoms with Crippen molar-refractivity contribution >= 4 is 5.97 Å². The van der Waals surface area contributed by atoms with E-state index in [1.54, 1.807) is 4.68 Å². The first-order chi connectivity index (χ1) is 9.06. The summed E-state index contributed by atoms with van der Waals surface area (Å²) in [5.41, 5.74) is 0. The first kappa shape index (κ1) is 15.6. The van der Waals surface area contributed by atoms with E-state index in [4.69, 9.17) is 5.11 Å². The van der Waals surface area contributed by atoms with Crippen molar-refractivity contribution in [3.63, 3.8) is 0 Å². The summed E-state index contributed by atoms with van der Waals surface area (Å²) in [6, 6.07) is -0.173. The van der Waals surface area contributed by atoms with Crippen molar-refractivity contribution in [3.05, 3.63) is 5.82 Å². The second-order valence-corrected chi connectivity index (χ2v) is 5.26. The number of tetrazole rings is 1. The topological polar surface area (TPSA) is 80.9 Å². The van der Waals surface area contributed by atoms with E-state index >= 15 is 0 Å². The minimum Gasteiger partial charge on any atom is -0.481 e. The maximum atomic E-state index is 10.9. The van der Waals surface area contributed by atoms with E-state index in [0.717, 1.165) is 25.1 Å². The van der Waals surface area contributed by atoms with Gasteiger partial charge in [0.2, 0.25) is 0 Å². The highest BCUT2D eigenvalue weighted by Gasteiger charge is 2.23. The van der Waals surface area contributed by atoms with Gasteiger partial charge in [-0.3, -0.25) is 4.79 Å². The van der Waals surface area contributed by atoms with Gasteiger partial charge in [0.25, 0.3) is 0 Å². The van der Waals surface area contributed by atoms with Gasteiger partial charge in [0, 0.05) is 6.42 Å². The summed E-state index contributed by atoms with van der Waals surface area (Å²) >= 11 is 0. The minimum atomic E-state index is -0.814. The zero-order valence-electron chi connectivity index (χ0n) is 12.0. The predicted octanol–water partition coefficient (Wildman–Crippen LogP) is 2.47. The highest BCUT2D eigenvalue weighted by molar-refractivity contribution is 5.67. The van der Waals surface area contributed by atoms with Gasteiger partial charge in [-0.2, -0.15) is 0 Å². The smallest absolute Gasteiger partial charge is 0.305 e. The molecule has 0 saturated carbocycles. The molecule has 6 heteroatoms. The number of nitrogens with zero attached hydrogens (tertiary/aromatic N) is 4. The zero-order chi connectivity index (χ0) is 14.3. The predicted molar refractivity (Wildman–Crippen MR) is 71.8 cm³/mol. The summed E-state index contributed by atoms with van der Waals surface area (Å²) < 4.78 is 1.70. The van der Waals surface area contributed by atoms with E-state index in [2.05, 4.69) is 22.4 Å². The Balaban J connectivity index is 2.69. The number of hydrogen-bond donors (Lipinski definition) is 1. The summed E-state index contributed by atoms with van der Waals surface area (Å²) in [6.45, 7) is 6.16. The first-order valence-corrected chi connectivity index (χ1v) is 7.04. The fourth-order valence-corrected chi connectivity index (χ4v) is 2.13. The number of unbranched alkanes of at least 4 members (excludes halogenated alkanes) is 3. The molecule has 1 aromatic heterocycles. The molecule has 1 rings (SSSR count). The van der Waals surface area contributed by atoms with E-state index in [-0.39, 0.29) is 18.4 Å². The molecule has 1 unspecified atom stereocenters. The van der Waals surface area contributed by atoms with Crippen LogP contribution in [-0.4, -0.2) is 31.3 Å². The SMILES string of the molecule is CCCCCCc1nnnn1C(CC(=O)O)C(C)C. The Kier molecular flexibility index (Phi) is 6.45. The van der Waals surface area contributed by atoms with Crippen LogP contribution in [0, 0.1) is 5.92 Å². The van der Waals surface area contributed by atoms with E-state index in [9.17, 15) is 4.79 Å². The molecule has 1 atom stereocenters. The van der Waals surface area contributed by atoms with Crippen molar-refractivity contribution in [2.24, 2.45) is 5.92 Å². The molecule has 6 nitrogen and oxygen atoms in total. The molecule has 0 radical (unpaired) electrons. The van der Waals surface area contributed by atoms with Gasteiger partial charge >= 0.3 is 5.97 Å². The van der Waals surface area contributed by atoms with Gasteiger partial charge in [0.1, 0.15) is 0 Å². The number of hydrogen-bond acceptors (Lipinski definition) is 4. The van der Waals surface area contributed by atoms with Crippen molar-refractivity contribution in [2.75, 3.05) is 0 Å². The Morgan fingerprint density at radius 1 is 1.32 bits per heavy atom. The zero-order valence-corrected chi connectivity index (χ0v) is 12.0. The van der Waals surface area contributed by atoms with Crippen LogP contribution < -0.4 is 0 Å². The third kappa shape index (κ3) is 4.96. The fourth-order valence-electron chi connectivity index (χ4n) is 2.13. The quantitative estimate of drug-likeness (QED) is 0.696. The molecule has 1 N–H and O–H groups in total. The summed E-state index contributed by atoms with van der Waals surface area (Å²) in [7, 11) is 0. The van der Waals surface area contributed by atoms with Crippen LogP contribution in [0.5, 0.6) is 0 Å². The molecular formula is C13H24N4O2. The second-order valence-electron chi connectivity index (χ2n) is 5.26. The normalized spacial score (nSPS) is 12.8. The Morgan fingerprint density at radius 2 is 2.05 bits per heavy atom. The molecular weight excluding hydrogens is 244 g/mol. The molecule has 0 fully saturated rings. The number of carboxylic acid groups (broad SMARTS) is 1. The number of rotatable bonds is 9. The summed E-state index contributed by atoms with van der Waals surface area (Å²) in [5.74, 6) is 0.177. The molecule has 0 aromatic carbocycles. The number of carboxylic acids is 1. The van der Waals surface area contributed by atoms with E-state index < -0.39 is 5.97 Å². The van der Waals surface area contributed by atoms with Crippen LogP contribution in [0.25, 0.3) is 0 Å². The van der Waals surface area contributed by atoms with Gasteiger partial charge in [-0.25, -0.2) is 4.68 Å². The average molecular weight is 268 g/mol. The standard InChI is InChI=1S/C13H24N4O2/c1-4-5-6-7-8-12-14-15-16-17(12)11(10(2)3)9-13(18)19/h10-11H,4-9H2,1-3H3,(H,18,19). The van der Waals surface area contributed by atoms with Crippen LogP contribution in [0.1, 0.15) is 64.7 Å². The van der Waals surface area contributed by atoms with Crippen molar-refractivity contribution < 1.29 is 9.90 Å². The molecule has 19 heavy (non-hydrogen) atoms. The van der Waals surface area contributed by atoms with E-state index in [1.807, 2.05) is 13.8 Å². The molecule has 0 aliphatic heterocycles. The summed E-state index contributed by atoms with van der Waals surface area (Å²) in [6.07, 6.45) is 5.49. The third-order valence-electron chi connectivity index (χ3n) is 3.28. The largest absolute Gasteiger partial charge is 0.481 e. The lowest BCUT2D eigenvalue weighted by atomic mass is 10.0. The highest BCUT2D eigenvalue weighted by atomic mass is 16.4. The van der Waals surface area contributed by atoms with Crippen LogP contribution in [0.2, 0.25) is 0 Å². The summed E-state index contributed by atoms with van der Waals surface area (Å²) in [4.78, 5) is 10.9. The van der Waals surface area contributed by atoms with E-state index in [0.29, 0.717) is 0 Å². The maximum Gasteiger partial charge on any atom is 0.305 e. The minimum absolute atomic E-state index is 0.0602. The lowest BCUT2D eigenvalue weighted by Gasteiger charge is -2.20. The lowest BCUT2D eigenvalue weighted by Crippen LogP contribution is -2.22. The molecule has 1 heterocycles. The fraction of sp³-hybridized carbons (Fsp3) is 0.846. The monoisotopic (exact) mass is 268 g/mol.